The highest BCUT2D eigenvalue weighted by Crippen LogP contribution is 2.23. The topological polar surface area (TPSA) is 3.24 Å². The van der Waals surface area contributed by atoms with Crippen molar-refractivity contribution in [1.82, 2.24) is 4.90 Å². The molecule has 0 bridgehead atoms. The Balaban J connectivity index is 2.50. The molecule has 1 heterocycles. The first-order valence-corrected chi connectivity index (χ1v) is 6.32. The van der Waals surface area contributed by atoms with E-state index in [1.165, 1.54) is 8.66 Å². The van der Waals surface area contributed by atoms with Gasteiger partial charge >= 0.3 is 0 Å². The number of hydrogen-bond acceptors (Lipinski definition) is 4. The molecular weight excluding hydrogens is 274 g/mol. The van der Waals surface area contributed by atoms with Crippen molar-refractivity contribution in [2.75, 3.05) is 11.8 Å². The minimum Gasteiger partial charge on any atom is -0.280 e. The highest BCUT2D eigenvalue weighted by atomic mass is 79.9. The van der Waals surface area contributed by atoms with E-state index in [1.807, 2.05) is 0 Å². The third-order valence-electron chi connectivity index (χ3n) is 1.41. The molecule has 0 saturated carbocycles. The Morgan fingerprint density at radius 3 is 2.42 bits per heavy atom. The molecule has 0 aliphatic rings. The molecule has 1 rings (SSSR count). The van der Waals surface area contributed by atoms with Crippen LogP contribution in [0.25, 0.3) is 0 Å². The molecule has 12 heavy (non-hydrogen) atoms. The molecule has 0 unspecified atom stereocenters. The predicted octanol–water partition coefficient (Wildman–Crippen LogP) is 3.09. The lowest BCUT2D eigenvalue weighted by Crippen LogP contribution is -2.18. The van der Waals surface area contributed by atoms with E-state index in [4.69, 9.17) is 0 Å². The van der Waals surface area contributed by atoms with Gasteiger partial charge in [0.05, 0.1) is 3.79 Å². The van der Waals surface area contributed by atoms with Crippen LogP contribution < -0.4 is 0 Å². The van der Waals surface area contributed by atoms with Gasteiger partial charge in [-0.25, -0.2) is 0 Å². The molecule has 1 nitrogen and oxygen atoms in total. The zero-order valence-corrected chi connectivity index (χ0v) is 10.6. The third-order valence-corrected chi connectivity index (χ3v) is 3.82. The van der Waals surface area contributed by atoms with E-state index in [-0.39, 0.29) is 0 Å². The van der Waals surface area contributed by atoms with Gasteiger partial charge in [-0.3, -0.25) is 4.90 Å². The van der Waals surface area contributed by atoms with Crippen molar-refractivity contribution < 1.29 is 0 Å². The highest BCUT2D eigenvalue weighted by Gasteiger charge is 2.03. The largest absolute Gasteiger partial charge is 0.280 e. The standard InChI is InChI=1S/C7H10BrNS3/c8-7-2-1-6(12-7)3-9(4-10)5-11/h1-2,10-11H,3-5H2. The van der Waals surface area contributed by atoms with Gasteiger partial charge in [-0.1, -0.05) is 0 Å². The van der Waals surface area contributed by atoms with Crippen molar-refractivity contribution >= 4 is 52.5 Å². The Bertz CT molecular complexity index is 234. The van der Waals surface area contributed by atoms with E-state index in [0.717, 1.165) is 18.3 Å². The van der Waals surface area contributed by atoms with E-state index >= 15 is 0 Å². The van der Waals surface area contributed by atoms with Crippen molar-refractivity contribution in [3.8, 4) is 0 Å². The summed E-state index contributed by atoms with van der Waals surface area (Å²) in [5.74, 6) is 1.50. The van der Waals surface area contributed by atoms with Crippen molar-refractivity contribution in [2.24, 2.45) is 0 Å². The Labute approximate surface area is 96.1 Å². The van der Waals surface area contributed by atoms with Gasteiger partial charge < -0.3 is 0 Å². The molecule has 0 atom stereocenters. The molecule has 0 radical (unpaired) electrons. The second kappa shape index (κ2) is 5.54. The van der Waals surface area contributed by atoms with E-state index in [1.54, 1.807) is 11.3 Å². The summed E-state index contributed by atoms with van der Waals surface area (Å²) < 4.78 is 1.18. The van der Waals surface area contributed by atoms with E-state index in [2.05, 4.69) is 58.2 Å². The SMILES string of the molecule is SCN(CS)Cc1ccc(Br)s1. The lowest BCUT2D eigenvalue weighted by atomic mass is 10.4. The van der Waals surface area contributed by atoms with Crippen LogP contribution >= 0.6 is 52.5 Å². The molecule has 0 N–H and O–H groups in total. The van der Waals surface area contributed by atoms with Crippen molar-refractivity contribution in [1.29, 1.82) is 0 Å². The van der Waals surface area contributed by atoms with Gasteiger partial charge in [-0.05, 0) is 28.1 Å². The molecule has 0 spiro atoms. The molecular formula is C7H10BrNS3. The molecule has 0 amide bonds. The molecule has 0 fully saturated rings. The average Bonchev–Trinajstić information content (AvgIpc) is 2.47. The van der Waals surface area contributed by atoms with E-state index in [9.17, 15) is 0 Å². The normalized spacial score (nSPS) is 11.0. The highest BCUT2D eigenvalue weighted by molar-refractivity contribution is 9.11. The van der Waals surface area contributed by atoms with Gasteiger partial charge in [0.1, 0.15) is 0 Å². The maximum absolute atomic E-state index is 4.20. The van der Waals surface area contributed by atoms with Gasteiger partial charge in [0.15, 0.2) is 0 Å². The second-order valence-electron chi connectivity index (χ2n) is 2.32. The Kier molecular flexibility index (Phi) is 5.04. The summed E-state index contributed by atoms with van der Waals surface area (Å²) in [6.07, 6.45) is 0. The van der Waals surface area contributed by atoms with Crippen LogP contribution in [0.1, 0.15) is 4.88 Å². The molecule has 0 aliphatic carbocycles. The first kappa shape index (κ1) is 10.9. The number of rotatable bonds is 4. The number of nitrogens with zero attached hydrogens (tertiary/aromatic N) is 1. The first-order chi connectivity index (χ1) is 5.76. The fourth-order valence-electron chi connectivity index (χ4n) is 0.802. The Morgan fingerprint density at radius 1 is 1.33 bits per heavy atom. The number of hydrogen-bond donors (Lipinski definition) is 2. The number of halogens is 1. The van der Waals surface area contributed by atoms with Crippen LogP contribution in [0, 0.1) is 0 Å². The van der Waals surface area contributed by atoms with Crippen LogP contribution in [0.3, 0.4) is 0 Å². The lowest BCUT2D eigenvalue weighted by molar-refractivity contribution is 0.376. The molecule has 1 aromatic rings. The summed E-state index contributed by atoms with van der Waals surface area (Å²) >= 11 is 13.6. The van der Waals surface area contributed by atoms with Crippen molar-refractivity contribution in [3.05, 3.63) is 20.8 Å². The van der Waals surface area contributed by atoms with Gasteiger partial charge in [-0.2, -0.15) is 25.3 Å². The van der Waals surface area contributed by atoms with Crippen LogP contribution in [-0.4, -0.2) is 16.7 Å². The van der Waals surface area contributed by atoms with Gasteiger partial charge in [-0.15, -0.1) is 11.3 Å². The van der Waals surface area contributed by atoms with E-state index < -0.39 is 0 Å². The predicted molar refractivity (Wildman–Crippen MR) is 65.3 cm³/mol. The van der Waals surface area contributed by atoms with Crippen LogP contribution in [-0.2, 0) is 6.54 Å². The fraction of sp³-hybridized carbons (Fsp3) is 0.429. The summed E-state index contributed by atoms with van der Waals surface area (Å²) in [5.41, 5.74) is 0. The van der Waals surface area contributed by atoms with Crippen molar-refractivity contribution in [2.45, 2.75) is 6.54 Å². The first-order valence-electron chi connectivity index (χ1n) is 3.44. The quantitative estimate of drug-likeness (QED) is 0.635. The fourth-order valence-corrected chi connectivity index (χ4v) is 2.89. The molecule has 0 saturated heterocycles. The average molecular weight is 284 g/mol. The number of thiophene rings is 1. The van der Waals surface area contributed by atoms with Gasteiger partial charge in [0.2, 0.25) is 0 Å². The van der Waals surface area contributed by atoms with Crippen molar-refractivity contribution in [3.63, 3.8) is 0 Å². The minimum absolute atomic E-state index is 0.749. The Morgan fingerprint density at radius 2 is 2.00 bits per heavy atom. The minimum atomic E-state index is 0.749. The lowest BCUT2D eigenvalue weighted by Gasteiger charge is -2.14. The monoisotopic (exact) mass is 283 g/mol. The molecule has 0 aromatic carbocycles. The van der Waals surface area contributed by atoms with Crippen LogP contribution in [0.15, 0.2) is 15.9 Å². The third kappa shape index (κ3) is 3.30. The summed E-state index contributed by atoms with van der Waals surface area (Å²) in [7, 11) is 0. The summed E-state index contributed by atoms with van der Waals surface area (Å²) in [6.45, 7) is 0.934. The maximum atomic E-state index is 4.20. The van der Waals surface area contributed by atoms with Gasteiger partial charge in [0, 0.05) is 23.2 Å². The van der Waals surface area contributed by atoms with Crippen LogP contribution in [0.2, 0.25) is 0 Å². The Hall–Kier alpha value is 0.840. The molecule has 68 valence electrons. The summed E-state index contributed by atoms with van der Waals surface area (Å²) in [4.78, 5) is 3.48. The zero-order chi connectivity index (χ0) is 8.97. The molecule has 1 aromatic heterocycles. The second-order valence-corrected chi connectivity index (χ2v) is 5.43. The summed E-state index contributed by atoms with van der Waals surface area (Å²) in [5, 5.41) is 0. The van der Waals surface area contributed by atoms with Crippen LogP contribution in [0.5, 0.6) is 0 Å². The van der Waals surface area contributed by atoms with Crippen LogP contribution in [0.4, 0.5) is 0 Å². The zero-order valence-electron chi connectivity index (χ0n) is 6.40. The number of thiol groups is 2. The molecule has 0 aliphatic heterocycles. The summed E-state index contributed by atoms with van der Waals surface area (Å²) in [6, 6.07) is 4.18. The smallest absolute Gasteiger partial charge is 0.0701 e. The van der Waals surface area contributed by atoms with Gasteiger partial charge in [0.25, 0.3) is 0 Å². The molecule has 5 heteroatoms. The maximum Gasteiger partial charge on any atom is 0.0701 e. The van der Waals surface area contributed by atoms with E-state index in [0.29, 0.717) is 0 Å².